The fraction of sp³-hybridized carbons (Fsp3) is 0.750. The van der Waals surface area contributed by atoms with Crippen LogP contribution in [-0.2, 0) is 14.0 Å². The summed E-state index contributed by atoms with van der Waals surface area (Å²) in [4.78, 5) is 9.52. The molecule has 0 amide bonds. The smallest absolute Gasteiger partial charge is 0.250 e. The molecule has 0 bridgehead atoms. The molecule has 0 aliphatic rings. The zero-order chi connectivity index (χ0) is 11.7. The normalized spacial score (nSPS) is 17.0. The Kier molecular flexibility index (Phi) is 9.39. The van der Waals surface area contributed by atoms with E-state index in [2.05, 4.69) is 38.4 Å². The van der Waals surface area contributed by atoms with E-state index in [1.54, 1.807) is 0 Å². The van der Waals surface area contributed by atoms with Crippen molar-refractivity contribution in [3.8, 4) is 0 Å². The van der Waals surface area contributed by atoms with E-state index in [-0.39, 0.29) is 24.1 Å². The molecule has 1 N–H and O–H groups in total. The largest absolute Gasteiger partial charge is 0.370 e. The average molecular weight is 366 g/mol. The molecule has 0 aromatic carbocycles. The molecule has 2 unspecified atom stereocenters. The van der Waals surface area contributed by atoms with Gasteiger partial charge in [0.2, 0.25) is 7.37 Å². The first kappa shape index (κ1) is 15.8. The summed E-state index contributed by atoms with van der Waals surface area (Å²) in [6.45, 7) is 4.09. The molecule has 0 rings (SSSR count). The second-order valence-corrected chi connectivity index (χ2v) is 7.04. The Hall–Kier alpha value is 0.810. The van der Waals surface area contributed by atoms with Crippen molar-refractivity contribution < 1.29 is 18.9 Å². The molecule has 15 heavy (non-hydrogen) atoms. The maximum atomic E-state index is 11.4. The van der Waals surface area contributed by atoms with Gasteiger partial charge in [-0.05, 0) is 0 Å². The molecule has 90 valence electrons. The maximum absolute atomic E-state index is 11.4. The third-order valence-electron chi connectivity index (χ3n) is 1.29. The van der Waals surface area contributed by atoms with Gasteiger partial charge in [0.15, 0.2) is 0 Å². The monoisotopic (exact) mass is 364 g/mol. The summed E-state index contributed by atoms with van der Waals surface area (Å²) >= 11 is 6.57. The molecule has 4 nitrogen and oxygen atoms in total. The molecule has 0 aliphatic carbocycles. The summed E-state index contributed by atoms with van der Waals surface area (Å²) in [7, 11) is -3.32. The molecular weight excluding hydrogens is 351 g/mol. The van der Waals surface area contributed by atoms with Crippen molar-refractivity contribution in [2.75, 3.05) is 31.2 Å². The third kappa shape index (κ3) is 9.72. The molecule has 0 saturated heterocycles. The van der Waals surface area contributed by atoms with Crippen LogP contribution in [0.1, 0.15) is 0 Å². The van der Waals surface area contributed by atoms with Gasteiger partial charge >= 0.3 is 0 Å². The zero-order valence-corrected chi connectivity index (χ0v) is 12.3. The summed E-state index contributed by atoms with van der Waals surface area (Å²) in [6.07, 6.45) is 1.15. The number of hydrogen-bond acceptors (Lipinski definition) is 3. The van der Waals surface area contributed by atoms with Crippen LogP contribution < -0.4 is 0 Å². The van der Waals surface area contributed by atoms with Gasteiger partial charge in [-0.1, -0.05) is 37.9 Å². The SMILES string of the molecule is C=CCOCP(=O)(O)COCC(Br)CBr. The van der Waals surface area contributed by atoms with Gasteiger partial charge in [-0.25, -0.2) is 0 Å². The van der Waals surface area contributed by atoms with Crippen molar-refractivity contribution in [1.29, 1.82) is 0 Å². The minimum Gasteiger partial charge on any atom is -0.370 e. The van der Waals surface area contributed by atoms with Crippen molar-refractivity contribution >= 4 is 39.2 Å². The van der Waals surface area contributed by atoms with Gasteiger partial charge in [0.05, 0.1) is 13.2 Å². The van der Waals surface area contributed by atoms with Gasteiger partial charge in [-0.2, -0.15) is 0 Å². The number of halogens is 2. The maximum Gasteiger partial charge on any atom is 0.250 e. The van der Waals surface area contributed by atoms with Crippen LogP contribution in [0.15, 0.2) is 12.7 Å². The van der Waals surface area contributed by atoms with Crippen molar-refractivity contribution in [3.63, 3.8) is 0 Å². The van der Waals surface area contributed by atoms with Crippen LogP contribution in [0.2, 0.25) is 0 Å². The highest BCUT2D eigenvalue weighted by Gasteiger charge is 2.19. The molecule has 0 fully saturated rings. The summed E-state index contributed by atoms with van der Waals surface area (Å²) in [5.41, 5.74) is 0. The van der Waals surface area contributed by atoms with E-state index in [4.69, 9.17) is 9.47 Å². The van der Waals surface area contributed by atoms with Gasteiger partial charge in [0.25, 0.3) is 0 Å². The van der Waals surface area contributed by atoms with Gasteiger partial charge in [-0.15, -0.1) is 6.58 Å². The van der Waals surface area contributed by atoms with E-state index in [1.807, 2.05) is 0 Å². The van der Waals surface area contributed by atoms with Crippen LogP contribution in [0.25, 0.3) is 0 Å². The second kappa shape index (κ2) is 8.90. The van der Waals surface area contributed by atoms with E-state index in [0.29, 0.717) is 6.61 Å². The Morgan fingerprint density at radius 2 is 2.07 bits per heavy atom. The van der Waals surface area contributed by atoms with Gasteiger partial charge in [0, 0.05) is 10.2 Å². The van der Waals surface area contributed by atoms with Crippen molar-refractivity contribution in [2.24, 2.45) is 0 Å². The van der Waals surface area contributed by atoms with E-state index in [0.717, 1.165) is 5.33 Å². The van der Waals surface area contributed by atoms with Crippen LogP contribution in [0.4, 0.5) is 0 Å². The van der Waals surface area contributed by atoms with E-state index in [9.17, 15) is 9.46 Å². The Bertz CT molecular complexity index is 225. The summed E-state index contributed by atoms with van der Waals surface area (Å²) in [5.74, 6) is 0. The highest BCUT2D eigenvalue weighted by molar-refractivity contribution is 9.12. The van der Waals surface area contributed by atoms with E-state index < -0.39 is 7.37 Å². The Morgan fingerprint density at radius 3 is 2.60 bits per heavy atom. The number of rotatable bonds is 9. The number of ether oxygens (including phenoxy) is 2. The standard InChI is InChI=1S/C8H15Br2O4P/c1-2-3-13-6-15(11,12)7-14-5-8(10)4-9/h2,8H,1,3-7H2,(H,11,12). The van der Waals surface area contributed by atoms with Crippen LogP contribution in [0, 0.1) is 0 Å². The van der Waals surface area contributed by atoms with Crippen LogP contribution in [-0.4, -0.2) is 41.0 Å². The highest BCUT2D eigenvalue weighted by atomic mass is 79.9. The first-order valence-electron chi connectivity index (χ1n) is 4.29. The molecule has 0 heterocycles. The summed E-state index contributed by atoms with van der Waals surface area (Å²) < 4.78 is 21.4. The molecular formula is C8H15Br2O4P. The molecule has 7 heteroatoms. The average Bonchev–Trinajstić information content (AvgIpc) is 2.17. The van der Waals surface area contributed by atoms with Crippen molar-refractivity contribution in [2.45, 2.75) is 4.83 Å². The third-order valence-corrected chi connectivity index (χ3v) is 4.70. The molecule has 2 atom stereocenters. The van der Waals surface area contributed by atoms with Crippen LogP contribution in [0.3, 0.4) is 0 Å². The van der Waals surface area contributed by atoms with E-state index >= 15 is 0 Å². The second-order valence-electron chi connectivity index (χ2n) is 2.89. The molecule has 0 spiro atoms. The molecule has 0 saturated carbocycles. The predicted octanol–water partition coefficient (Wildman–Crippen LogP) is 2.55. The fourth-order valence-corrected chi connectivity index (χ4v) is 1.91. The van der Waals surface area contributed by atoms with Gasteiger partial charge < -0.3 is 14.4 Å². The molecule has 0 aliphatic heterocycles. The minimum absolute atomic E-state index is 0.145. The van der Waals surface area contributed by atoms with Crippen molar-refractivity contribution in [3.05, 3.63) is 12.7 Å². The predicted molar refractivity (Wildman–Crippen MR) is 68.2 cm³/mol. The van der Waals surface area contributed by atoms with Gasteiger partial charge in [-0.3, -0.25) is 4.57 Å². The Morgan fingerprint density at radius 1 is 1.47 bits per heavy atom. The number of hydrogen-bond donors (Lipinski definition) is 1. The van der Waals surface area contributed by atoms with Crippen LogP contribution in [0.5, 0.6) is 0 Å². The molecule has 0 radical (unpaired) electrons. The quantitative estimate of drug-likeness (QED) is 0.295. The summed E-state index contributed by atoms with van der Waals surface area (Å²) in [6, 6.07) is 0. The highest BCUT2D eigenvalue weighted by Crippen LogP contribution is 2.40. The Balaban J connectivity index is 3.64. The fourth-order valence-electron chi connectivity index (χ4n) is 0.684. The van der Waals surface area contributed by atoms with Gasteiger partial charge in [0.1, 0.15) is 12.7 Å². The van der Waals surface area contributed by atoms with Crippen LogP contribution >= 0.6 is 39.2 Å². The van der Waals surface area contributed by atoms with Crippen molar-refractivity contribution in [1.82, 2.24) is 0 Å². The first-order chi connectivity index (χ1) is 7.02. The molecule has 0 aromatic rings. The minimum atomic E-state index is -3.32. The topological polar surface area (TPSA) is 55.8 Å². The zero-order valence-electron chi connectivity index (χ0n) is 8.27. The lowest BCUT2D eigenvalue weighted by Crippen LogP contribution is -2.11. The number of alkyl halides is 2. The first-order valence-corrected chi connectivity index (χ1v) is 8.36. The molecule has 0 aromatic heterocycles. The van der Waals surface area contributed by atoms with E-state index in [1.165, 1.54) is 6.08 Å². The lowest BCUT2D eigenvalue weighted by Gasteiger charge is -2.13. The summed E-state index contributed by atoms with van der Waals surface area (Å²) in [5, 5.41) is 0.732. The lowest BCUT2D eigenvalue weighted by atomic mass is 10.5. The Labute approximate surface area is 107 Å². The lowest BCUT2D eigenvalue weighted by molar-refractivity contribution is 0.157.